The average Bonchev–Trinajstić information content (AvgIpc) is 2.45. The van der Waals surface area contributed by atoms with E-state index < -0.39 is 11.4 Å². The molecule has 2 aliphatic carbocycles. The highest BCUT2D eigenvalue weighted by atomic mass is 16.5. The summed E-state index contributed by atoms with van der Waals surface area (Å²) in [4.78, 5) is 12.0. The number of carboxylic acids is 1. The van der Waals surface area contributed by atoms with Gasteiger partial charge in [-0.25, -0.2) is 0 Å². The van der Waals surface area contributed by atoms with Gasteiger partial charge < -0.3 is 9.84 Å². The fourth-order valence-corrected chi connectivity index (χ4v) is 4.28. The second-order valence-electron chi connectivity index (χ2n) is 7.45. The molecule has 1 fully saturated rings. The molecule has 0 spiro atoms. The molecule has 21 heavy (non-hydrogen) atoms. The van der Waals surface area contributed by atoms with E-state index in [1.165, 1.54) is 11.1 Å². The third-order valence-electron chi connectivity index (χ3n) is 5.66. The summed E-state index contributed by atoms with van der Waals surface area (Å²) in [6.07, 6.45) is 4.35. The Balaban J connectivity index is 2.08. The van der Waals surface area contributed by atoms with Gasteiger partial charge in [0.2, 0.25) is 0 Å². The van der Waals surface area contributed by atoms with Crippen molar-refractivity contribution in [3.05, 3.63) is 29.3 Å². The molecule has 1 aromatic rings. The number of hydrogen-bond acceptors (Lipinski definition) is 2. The van der Waals surface area contributed by atoms with Crippen molar-refractivity contribution in [3.63, 3.8) is 0 Å². The zero-order valence-electron chi connectivity index (χ0n) is 13.1. The molecule has 0 aliphatic heterocycles. The first kappa shape index (κ1) is 14.4. The lowest BCUT2D eigenvalue weighted by Crippen LogP contribution is -2.46. The minimum atomic E-state index is -0.607. The molecule has 2 atom stereocenters. The van der Waals surface area contributed by atoms with Gasteiger partial charge in [-0.1, -0.05) is 19.9 Å². The second kappa shape index (κ2) is 4.75. The zero-order valence-corrected chi connectivity index (χ0v) is 13.1. The van der Waals surface area contributed by atoms with E-state index in [0.717, 1.165) is 37.9 Å². The monoisotopic (exact) mass is 288 g/mol. The van der Waals surface area contributed by atoms with E-state index in [2.05, 4.69) is 26.0 Å². The highest BCUT2D eigenvalue weighted by Crippen LogP contribution is 2.58. The Bertz CT molecular complexity index is 576. The molecule has 3 nitrogen and oxygen atoms in total. The Morgan fingerprint density at radius 1 is 1.29 bits per heavy atom. The number of carboxylic acid groups (broad SMARTS) is 1. The predicted octanol–water partition coefficient (Wildman–Crippen LogP) is 4.01. The van der Waals surface area contributed by atoms with Gasteiger partial charge in [-0.3, -0.25) is 4.79 Å². The minimum Gasteiger partial charge on any atom is -0.497 e. The van der Waals surface area contributed by atoms with Crippen molar-refractivity contribution in [2.24, 2.45) is 10.8 Å². The van der Waals surface area contributed by atoms with Crippen LogP contribution in [0.15, 0.2) is 18.2 Å². The summed E-state index contributed by atoms with van der Waals surface area (Å²) in [5, 5.41) is 9.90. The lowest BCUT2D eigenvalue weighted by atomic mass is 9.53. The fraction of sp³-hybridized carbons (Fsp3) is 0.611. The van der Waals surface area contributed by atoms with Gasteiger partial charge in [0.1, 0.15) is 5.75 Å². The summed E-state index contributed by atoms with van der Waals surface area (Å²) in [6, 6.07) is 6.15. The van der Waals surface area contributed by atoms with Gasteiger partial charge in [-0.05, 0) is 60.8 Å². The SMILES string of the molecule is COc1ccc2c(c1)CC[C@@]1(C(=O)O)CCC(C)(C)C[C@@H]21. The van der Waals surface area contributed by atoms with Gasteiger partial charge in [0.05, 0.1) is 12.5 Å². The van der Waals surface area contributed by atoms with Crippen LogP contribution in [0.2, 0.25) is 0 Å². The Kier molecular flexibility index (Phi) is 3.27. The van der Waals surface area contributed by atoms with Crippen LogP contribution in [0, 0.1) is 10.8 Å². The smallest absolute Gasteiger partial charge is 0.310 e. The second-order valence-corrected chi connectivity index (χ2v) is 7.45. The number of benzene rings is 1. The average molecular weight is 288 g/mol. The van der Waals surface area contributed by atoms with Gasteiger partial charge in [-0.2, -0.15) is 0 Å². The summed E-state index contributed by atoms with van der Waals surface area (Å²) in [7, 11) is 1.68. The van der Waals surface area contributed by atoms with Crippen LogP contribution < -0.4 is 4.74 Å². The first-order valence-corrected chi connectivity index (χ1v) is 7.78. The Labute approximate surface area is 126 Å². The van der Waals surface area contributed by atoms with Crippen molar-refractivity contribution in [2.75, 3.05) is 7.11 Å². The highest BCUT2D eigenvalue weighted by molar-refractivity contribution is 5.77. The molecule has 0 aromatic heterocycles. The molecule has 1 N–H and O–H groups in total. The molecule has 3 heteroatoms. The zero-order chi connectivity index (χ0) is 15.3. The number of fused-ring (bicyclic) bond motifs is 3. The van der Waals surface area contributed by atoms with Crippen LogP contribution in [0.1, 0.15) is 56.6 Å². The molecule has 0 heterocycles. The molecular formula is C18H24O3. The van der Waals surface area contributed by atoms with Gasteiger partial charge >= 0.3 is 5.97 Å². The molecule has 2 aliphatic rings. The van der Waals surface area contributed by atoms with Crippen LogP contribution >= 0.6 is 0 Å². The Morgan fingerprint density at radius 2 is 2.05 bits per heavy atom. The van der Waals surface area contributed by atoms with Crippen LogP contribution in [0.4, 0.5) is 0 Å². The lowest BCUT2D eigenvalue weighted by Gasteiger charge is -2.50. The molecule has 1 saturated carbocycles. The first-order valence-electron chi connectivity index (χ1n) is 7.78. The van der Waals surface area contributed by atoms with Crippen LogP contribution in [-0.2, 0) is 11.2 Å². The summed E-state index contributed by atoms with van der Waals surface area (Å²) in [5.74, 6) is 0.393. The molecule has 0 unspecified atom stereocenters. The van der Waals surface area contributed by atoms with Crippen LogP contribution in [0.25, 0.3) is 0 Å². The number of carbonyl (C=O) groups is 1. The van der Waals surface area contributed by atoms with Crippen molar-refractivity contribution in [2.45, 2.75) is 51.9 Å². The standard InChI is InChI=1S/C18H24O3/c1-17(2)8-9-18(16(19)20)7-6-12-10-13(21-3)4-5-14(12)15(18)11-17/h4-5,10,15H,6-9,11H2,1-3H3,(H,19,20)/t15-,18+/m0/s1. The molecule has 1 aromatic carbocycles. The Hall–Kier alpha value is -1.51. The van der Waals surface area contributed by atoms with E-state index in [0.29, 0.717) is 0 Å². The molecule has 0 saturated heterocycles. The number of rotatable bonds is 2. The molecule has 0 bridgehead atoms. The van der Waals surface area contributed by atoms with Crippen LogP contribution in [-0.4, -0.2) is 18.2 Å². The molecular weight excluding hydrogens is 264 g/mol. The first-order chi connectivity index (χ1) is 9.88. The largest absolute Gasteiger partial charge is 0.497 e. The predicted molar refractivity (Wildman–Crippen MR) is 81.8 cm³/mol. The van der Waals surface area contributed by atoms with Gasteiger partial charge in [0.15, 0.2) is 0 Å². The number of hydrogen-bond donors (Lipinski definition) is 1. The van der Waals surface area contributed by atoms with E-state index in [1.807, 2.05) is 6.07 Å². The normalized spacial score (nSPS) is 30.1. The number of aliphatic carboxylic acids is 1. The number of ether oxygens (including phenoxy) is 1. The van der Waals surface area contributed by atoms with E-state index >= 15 is 0 Å². The molecule has 114 valence electrons. The lowest BCUT2D eigenvalue weighted by molar-refractivity contribution is -0.155. The number of methoxy groups -OCH3 is 1. The topological polar surface area (TPSA) is 46.5 Å². The fourth-order valence-electron chi connectivity index (χ4n) is 4.28. The van der Waals surface area contributed by atoms with Crippen molar-refractivity contribution in [1.82, 2.24) is 0 Å². The maximum atomic E-state index is 12.0. The molecule has 0 amide bonds. The van der Waals surface area contributed by atoms with Crippen molar-refractivity contribution in [3.8, 4) is 5.75 Å². The van der Waals surface area contributed by atoms with Gasteiger partial charge in [0, 0.05) is 5.92 Å². The van der Waals surface area contributed by atoms with Crippen molar-refractivity contribution < 1.29 is 14.6 Å². The third kappa shape index (κ3) is 2.23. The van der Waals surface area contributed by atoms with Crippen LogP contribution in [0.5, 0.6) is 5.75 Å². The summed E-state index contributed by atoms with van der Waals surface area (Å²) >= 11 is 0. The Morgan fingerprint density at radius 3 is 2.71 bits per heavy atom. The van der Waals surface area contributed by atoms with Crippen molar-refractivity contribution in [1.29, 1.82) is 0 Å². The third-order valence-corrected chi connectivity index (χ3v) is 5.66. The van der Waals surface area contributed by atoms with E-state index in [-0.39, 0.29) is 11.3 Å². The minimum absolute atomic E-state index is 0.133. The highest BCUT2D eigenvalue weighted by Gasteiger charge is 2.53. The quantitative estimate of drug-likeness (QED) is 0.894. The van der Waals surface area contributed by atoms with Gasteiger partial charge in [0.25, 0.3) is 0 Å². The number of aryl methyl sites for hydroxylation is 1. The van der Waals surface area contributed by atoms with Crippen molar-refractivity contribution >= 4 is 5.97 Å². The summed E-state index contributed by atoms with van der Waals surface area (Å²) in [6.45, 7) is 4.52. The summed E-state index contributed by atoms with van der Waals surface area (Å²) < 4.78 is 5.31. The van der Waals surface area contributed by atoms with E-state index in [9.17, 15) is 9.90 Å². The maximum Gasteiger partial charge on any atom is 0.310 e. The summed E-state index contributed by atoms with van der Waals surface area (Å²) in [5.41, 5.74) is 2.17. The molecule has 0 radical (unpaired) electrons. The van der Waals surface area contributed by atoms with E-state index in [4.69, 9.17) is 4.74 Å². The van der Waals surface area contributed by atoms with Crippen LogP contribution in [0.3, 0.4) is 0 Å². The van der Waals surface area contributed by atoms with E-state index in [1.54, 1.807) is 7.11 Å². The maximum absolute atomic E-state index is 12.0. The van der Waals surface area contributed by atoms with Gasteiger partial charge in [-0.15, -0.1) is 0 Å². The molecule has 3 rings (SSSR count).